The molecule has 0 amide bonds. The minimum absolute atomic E-state index is 0.183. The van der Waals surface area contributed by atoms with Gasteiger partial charge in [0.05, 0.1) is 5.84 Å². The smallest absolute Gasteiger partial charge is 0.0923 e. The van der Waals surface area contributed by atoms with Gasteiger partial charge in [0.25, 0.3) is 0 Å². The zero-order valence-electron chi connectivity index (χ0n) is 10.7. The Kier molecular flexibility index (Phi) is 3.32. The van der Waals surface area contributed by atoms with Gasteiger partial charge in [-0.3, -0.25) is 5.41 Å². The van der Waals surface area contributed by atoms with E-state index in [1.165, 1.54) is 0 Å². The van der Waals surface area contributed by atoms with E-state index in [1.807, 2.05) is 36.4 Å². The third-order valence-corrected chi connectivity index (χ3v) is 3.86. The number of aryl methyl sites for hydroxylation is 1. The first kappa shape index (κ1) is 13.3. The first-order chi connectivity index (χ1) is 9.56. The van der Waals surface area contributed by atoms with Gasteiger partial charge in [-0.05, 0) is 36.4 Å². The van der Waals surface area contributed by atoms with E-state index >= 15 is 0 Å². The summed E-state index contributed by atoms with van der Waals surface area (Å²) < 4.78 is 2.15. The zero-order chi connectivity index (χ0) is 14.3. The summed E-state index contributed by atoms with van der Waals surface area (Å²) in [4.78, 5) is 0. The summed E-state index contributed by atoms with van der Waals surface area (Å²) in [6.45, 7) is 0.665. The predicted octanol–water partition coefficient (Wildman–Crippen LogP) is 4.43. The fourth-order valence-corrected chi connectivity index (χ4v) is 2.87. The van der Waals surface area contributed by atoms with E-state index < -0.39 is 0 Å². The molecule has 0 aliphatic rings. The molecular weight excluding hydrogens is 293 g/mol. The Labute approximate surface area is 126 Å². The van der Waals surface area contributed by atoms with Crippen LogP contribution in [0, 0.1) is 5.41 Å². The number of hydrogen-bond donors (Lipinski definition) is 2. The van der Waals surface area contributed by atoms with Gasteiger partial charge >= 0.3 is 0 Å². The number of fused-ring (bicyclic) bond motifs is 3. The van der Waals surface area contributed by atoms with Crippen molar-refractivity contribution in [3.8, 4) is 0 Å². The molecule has 0 spiro atoms. The van der Waals surface area contributed by atoms with Crippen molar-refractivity contribution in [1.82, 2.24) is 4.57 Å². The van der Waals surface area contributed by atoms with E-state index in [2.05, 4.69) is 4.57 Å². The third kappa shape index (κ3) is 2.23. The van der Waals surface area contributed by atoms with Crippen molar-refractivity contribution in [3.63, 3.8) is 0 Å². The van der Waals surface area contributed by atoms with Crippen molar-refractivity contribution >= 4 is 50.8 Å². The topological polar surface area (TPSA) is 54.8 Å². The van der Waals surface area contributed by atoms with E-state index in [0.717, 1.165) is 21.8 Å². The Hall–Kier alpha value is -1.71. The number of nitrogens with two attached hydrogens (primary N) is 1. The number of hydrogen-bond acceptors (Lipinski definition) is 1. The highest BCUT2D eigenvalue weighted by molar-refractivity contribution is 6.33. The highest BCUT2D eigenvalue weighted by Gasteiger charge is 2.11. The monoisotopic (exact) mass is 305 g/mol. The number of aromatic nitrogens is 1. The maximum atomic E-state index is 7.40. The lowest BCUT2D eigenvalue weighted by Crippen LogP contribution is -2.12. The number of nitrogens with zero attached hydrogens (tertiary/aromatic N) is 1. The molecule has 0 radical (unpaired) electrons. The van der Waals surface area contributed by atoms with Gasteiger partial charge in [0, 0.05) is 44.8 Å². The number of halogens is 2. The lowest BCUT2D eigenvalue weighted by molar-refractivity contribution is 0.775. The summed E-state index contributed by atoms with van der Waals surface area (Å²) in [6.07, 6.45) is 0.518. The molecule has 0 aliphatic heterocycles. The van der Waals surface area contributed by atoms with Crippen LogP contribution >= 0.6 is 23.2 Å². The lowest BCUT2D eigenvalue weighted by atomic mass is 10.1. The minimum atomic E-state index is 0.183. The number of rotatable bonds is 3. The van der Waals surface area contributed by atoms with Gasteiger partial charge < -0.3 is 10.3 Å². The summed E-state index contributed by atoms with van der Waals surface area (Å²) in [5, 5.41) is 10.9. The third-order valence-electron chi connectivity index (χ3n) is 3.39. The molecule has 0 bridgehead atoms. The highest BCUT2D eigenvalue weighted by Crippen LogP contribution is 2.32. The summed E-state index contributed by atoms with van der Waals surface area (Å²) in [7, 11) is 0. The van der Waals surface area contributed by atoms with Crippen LogP contribution in [-0.2, 0) is 6.54 Å². The normalized spacial score (nSPS) is 11.3. The Morgan fingerprint density at radius 2 is 1.50 bits per heavy atom. The van der Waals surface area contributed by atoms with Crippen LogP contribution in [0.2, 0.25) is 10.0 Å². The SMILES string of the molecule is N=C(N)CCn1c2ccc(Cl)cc2c2cc(Cl)ccc21. The molecule has 20 heavy (non-hydrogen) atoms. The number of nitrogens with one attached hydrogen (secondary N) is 1. The summed E-state index contributed by atoms with van der Waals surface area (Å²) >= 11 is 12.2. The van der Waals surface area contributed by atoms with Crippen LogP contribution in [0.1, 0.15) is 6.42 Å². The summed E-state index contributed by atoms with van der Waals surface area (Å²) in [5.41, 5.74) is 7.63. The van der Waals surface area contributed by atoms with Gasteiger partial charge in [0.2, 0.25) is 0 Å². The van der Waals surface area contributed by atoms with Gasteiger partial charge in [-0.25, -0.2) is 0 Å². The van der Waals surface area contributed by atoms with Crippen molar-refractivity contribution in [3.05, 3.63) is 46.4 Å². The highest BCUT2D eigenvalue weighted by atomic mass is 35.5. The number of amidine groups is 1. The van der Waals surface area contributed by atoms with Gasteiger partial charge in [0.15, 0.2) is 0 Å². The predicted molar refractivity (Wildman–Crippen MR) is 86.0 cm³/mol. The van der Waals surface area contributed by atoms with Crippen molar-refractivity contribution in [2.45, 2.75) is 13.0 Å². The molecule has 0 saturated heterocycles. The molecule has 1 heterocycles. The molecule has 3 nitrogen and oxygen atoms in total. The molecule has 102 valence electrons. The average Bonchev–Trinajstić information content (AvgIpc) is 2.69. The van der Waals surface area contributed by atoms with Crippen LogP contribution in [0.5, 0.6) is 0 Å². The fraction of sp³-hybridized carbons (Fsp3) is 0.133. The molecule has 0 aliphatic carbocycles. The molecule has 0 unspecified atom stereocenters. The van der Waals surface area contributed by atoms with Crippen LogP contribution in [0.15, 0.2) is 36.4 Å². The average molecular weight is 306 g/mol. The number of benzene rings is 2. The largest absolute Gasteiger partial charge is 0.388 e. The van der Waals surface area contributed by atoms with Crippen LogP contribution in [0.3, 0.4) is 0 Å². The molecule has 5 heteroatoms. The van der Waals surface area contributed by atoms with Crippen LogP contribution in [0.4, 0.5) is 0 Å². The van der Waals surface area contributed by atoms with Gasteiger partial charge in [-0.1, -0.05) is 23.2 Å². The molecule has 2 aromatic carbocycles. The van der Waals surface area contributed by atoms with Crippen molar-refractivity contribution in [1.29, 1.82) is 5.41 Å². The Balaban J connectivity index is 2.31. The Morgan fingerprint density at radius 3 is 1.95 bits per heavy atom. The van der Waals surface area contributed by atoms with Crippen LogP contribution in [0.25, 0.3) is 21.8 Å². The van der Waals surface area contributed by atoms with Gasteiger partial charge in [-0.15, -0.1) is 0 Å². The fourth-order valence-electron chi connectivity index (χ4n) is 2.52. The second-order valence-corrected chi connectivity index (χ2v) is 5.62. The van der Waals surface area contributed by atoms with Crippen molar-refractivity contribution in [2.75, 3.05) is 0 Å². The molecule has 0 atom stereocenters. The van der Waals surface area contributed by atoms with E-state index in [0.29, 0.717) is 23.0 Å². The standard InChI is InChI=1S/C15H13Cl2N3/c16-9-1-3-13-11(7-9)12-8-10(17)2-4-14(12)20(13)6-5-15(18)19/h1-4,7-8H,5-6H2,(H3,18,19). The second kappa shape index (κ2) is 5.00. The molecule has 3 N–H and O–H groups in total. The molecule has 0 saturated carbocycles. The van der Waals surface area contributed by atoms with E-state index in [9.17, 15) is 0 Å². The van der Waals surface area contributed by atoms with Gasteiger partial charge in [-0.2, -0.15) is 0 Å². The molecule has 1 aromatic heterocycles. The Bertz CT molecular complexity index is 761. The molecule has 3 aromatic rings. The first-order valence-electron chi connectivity index (χ1n) is 6.26. The maximum absolute atomic E-state index is 7.40. The van der Waals surface area contributed by atoms with Crippen molar-refractivity contribution < 1.29 is 0 Å². The summed E-state index contributed by atoms with van der Waals surface area (Å²) in [5.74, 6) is 0.183. The zero-order valence-corrected chi connectivity index (χ0v) is 12.2. The van der Waals surface area contributed by atoms with E-state index in [4.69, 9.17) is 34.3 Å². The van der Waals surface area contributed by atoms with E-state index in [-0.39, 0.29) is 5.84 Å². The van der Waals surface area contributed by atoms with Crippen LogP contribution in [-0.4, -0.2) is 10.4 Å². The minimum Gasteiger partial charge on any atom is -0.388 e. The summed E-state index contributed by atoms with van der Waals surface area (Å²) in [6, 6.07) is 11.6. The quantitative estimate of drug-likeness (QED) is 0.546. The molecule has 0 fully saturated rings. The van der Waals surface area contributed by atoms with Crippen molar-refractivity contribution in [2.24, 2.45) is 5.73 Å². The lowest BCUT2D eigenvalue weighted by Gasteiger charge is -2.06. The second-order valence-electron chi connectivity index (χ2n) is 4.75. The van der Waals surface area contributed by atoms with Crippen LogP contribution < -0.4 is 5.73 Å². The molecule has 3 rings (SSSR count). The Morgan fingerprint density at radius 1 is 1.00 bits per heavy atom. The van der Waals surface area contributed by atoms with E-state index in [1.54, 1.807) is 0 Å². The molecular formula is C15H13Cl2N3. The van der Waals surface area contributed by atoms with Gasteiger partial charge in [0.1, 0.15) is 0 Å². The first-order valence-corrected chi connectivity index (χ1v) is 7.02. The maximum Gasteiger partial charge on any atom is 0.0923 e.